The Kier molecular flexibility index (Phi) is 6.13. The highest BCUT2D eigenvalue weighted by Gasteiger charge is 2.31. The van der Waals surface area contributed by atoms with Gasteiger partial charge in [-0.25, -0.2) is 18.5 Å². The number of rotatable bonds is 5. The Bertz CT molecular complexity index is 1530. The minimum absolute atomic E-state index is 0.171. The van der Waals surface area contributed by atoms with Crippen LogP contribution in [0.2, 0.25) is 5.02 Å². The molecular formula is C22H23ClN8O3S. The Hall–Kier alpha value is -3.19. The molecule has 0 spiro atoms. The van der Waals surface area contributed by atoms with E-state index in [4.69, 9.17) is 16.6 Å². The molecule has 0 amide bonds. The van der Waals surface area contributed by atoms with Gasteiger partial charge in [-0.15, -0.1) is 5.10 Å². The summed E-state index contributed by atoms with van der Waals surface area (Å²) in [5, 5.41) is 14.7. The van der Waals surface area contributed by atoms with Gasteiger partial charge in [-0.2, -0.15) is 4.31 Å². The Morgan fingerprint density at radius 3 is 2.43 bits per heavy atom. The second-order valence-electron chi connectivity index (χ2n) is 8.39. The highest BCUT2D eigenvalue weighted by atomic mass is 35.5. The number of aromatic amines is 1. The molecule has 0 bridgehead atoms. The van der Waals surface area contributed by atoms with E-state index in [1.807, 2.05) is 13.0 Å². The summed E-state index contributed by atoms with van der Waals surface area (Å²) in [5.74, 6) is 1.09. The molecule has 1 atom stereocenters. The predicted molar refractivity (Wildman–Crippen MR) is 130 cm³/mol. The maximum absolute atomic E-state index is 13.2. The van der Waals surface area contributed by atoms with E-state index in [2.05, 4.69) is 25.5 Å². The molecule has 35 heavy (non-hydrogen) atoms. The highest BCUT2D eigenvalue weighted by molar-refractivity contribution is 7.89. The number of halogens is 1. The summed E-state index contributed by atoms with van der Waals surface area (Å²) in [5.41, 5.74) is 1.10. The monoisotopic (exact) mass is 514 g/mol. The van der Waals surface area contributed by atoms with Gasteiger partial charge < -0.3 is 0 Å². The fraction of sp³-hybridized carbons (Fsp3) is 0.318. The zero-order valence-electron chi connectivity index (χ0n) is 19.1. The quantitative estimate of drug-likeness (QED) is 0.427. The van der Waals surface area contributed by atoms with Gasteiger partial charge in [-0.1, -0.05) is 11.6 Å². The minimum atomic E-state index is -3.60. The summed E-state index contributed by atoms with van der Waals surface area (Å²) < 4.78 is 29.0. The number of H-pyrrole nitrogens is 1. The lowest BCUT2D eigenvalue weighted by atomic mass is 10.1. The Morgan fingerprint density at radius 2 is 1.77 bits per heavy atom. The van der Waals surface area contributed by atoms with Crippen LogP contribution in [0.3, 0.4) is 0 Å². The van der Waals surface area contributed by atoms with Crippen LogP contribution in [0.15, 0.2) is 52.2 Å². The average molecular weight is 515 g/mol. The smallest absolute Gasteiger partial charge is 0.261 e. The number of hydrogen-bond donors (Lipinski definition) is 1. The van der Waals surface area contributed by atoms with Crippen molar-refractivity contribution in [2.45, 2.75) is 17.9 Å². The number of sulfonamides is 1. The van der Waals surface area contributed by atoms with E-state index < -0.39 is 10.0 Å². The molecule has 1 N–H and O–H groups in total. The molecule has 0 radical (unpaired) electrons. The zero-order valence-corrected chi connectivity index (χ0v) is 20.7. The van der Waals surface area contributed by atoms with Crippen LogP contribution >= 0.6 is 11.6 Å². The first-order chi connectivity index (χ1) is 16.8. The molecule has 182 valence electrons. The summed E-state index contributed by atoms with van der Waals surface area (Å²) in [6, 6.07) is 11.3. The number of nitrogens with zero attached hydrogens (tertiary/aromatic N) is 7. The SMILES string of the molecule is CC(c1nc2ccc(-c3nnn[nH]3)cc2c(=O)n1C)N1CCN(S(=O)(=O)c2ccc(Cl)cc2)CC1. The van der Waals surface area contributed by atoms with E-state index in [9.17, 15) is 13.2 Å². The molecule has 0 saturated carbocycles. The molecule has 1 aliphatic heterocycles. The van der Waals surface area contributed by atoms with Gasteiger partial charge >= 0.3 is 0 Å². The molecule has 2 aromatic carbocycles. The fourth-order valence-electron chi connectivity index (χ4n) is 4.34. The molecule has 0 aliphatic carbocycles. The van der Waals surface area contributed by atoms with Crippen LogP contribution < -0.4 is 5.56 Å². The molecule has 3 heterocycles. The molecular weight excluding hydrogens is 492 g/mol. The third-order valence-electron chi connectivity index (χ3n) is 6.38. The van der Waals surface area contributed by atoms with Crippen molar-refractivity contribution in [3.63, 3.8) is 0 Å². The maximum atomic E-state index is 13.2. The van der Waals surface area contributed by atoms with Crippen molar-refractivity contribution in [2.75, 3.05) is 26.2 Å². The van der Waals surface area contributed by atoms with Crippen LogP contribution in [0.1, 0.15) is 18.8 Å². The van der Waals surface area contributed by atoms with Crippen molar-refractivity contribution in [1.82, 2.24) is 39.4 Å². The summed E-state index contributed by atoms with van der Waals surface area (Å²) in [6.07, 6.45) is 0. The number of benzene rings is 2. The molecule has 13 heteroatoms. The Morgan fingerprint density at radius 1 is 1.06 bits per heavy atom. The van der Waals surface area contributed by atoms with Gasteiger partial charge in [-0.05, 0) is 59.8 Å². The third-order valence-corrected chi connectivity index (χ3v) is 8.54. The van der Waals surface area contributed by atoms with Crippen LogP contribution in [-0.4, -0.2) is 74.0 Å². The number of aromatic nitrogens is 6. The molecule has 1 aliphatic rings. The predicted octanol–water partition coefficient (Wildman–Crippen LogP) is 1.83. The van der Waals surface area contributed by atoms with Gasteiger partial charge in [0.15, 0.2) is 5.82 Å². The van der Waals surface area contributed by atoms with Crippen LogP contribution in [0, 0.1) is 0 Å². The zero-order chi connectivity index (χ0) is 24.7. The number of fused-ring (bicyclic) bond motifs is 1. The largest absolute Gasteiger partial charge is 0.298 e. The highest BCUT2D eigenvalue weighted by Crippen LogP contribution is 2.25. The third kappa shape index (κ3) is 4.33. The fourth-order valence-corrected chi connectivity index (χ4v) is 5.89. The topological polar surface area (TPSA) is 130 Å². The molecule has 2 aromatic heterocycles. The van der Waals surface area contributed by atoms with Gasteiger partial charge in [0.1, 0.15) is 5.82 Å². The molecule has 1 unspecified atom stereocenters. The average Bonchev–Trinajstić information content (AvgIpc) is 3.41. The molecule has 11 nitrogen and oxygen atoms in total. The minimum Gasteiger partial charge on any atom is -0.298 e. The van der Waals surface area contributed by atoms with Gasteiger partial charge in [0.05, 0.1) is 21.8 Å². The van der Waals surface area contributed by atoms with E-state index in [0.29, 0.717) is 59.3 Å². The van der Waals surface area contributed by atoms with Crippen LogP contribution in [0.4, 0.5) is 0 Å². The number of tetrazole rings is 1. The second-order valence-corrected chi connectivity index (χ2v) is 10.8. The van der Waals surface area contributed by atoms with Crippen molar-refractivity contribution < 1.29 is 8.42 Å². The van der Waals surface area contributed by atoms with Crippen molar-refractivity contribution in [3.8, 4) is 11.4 Å². The van der Waals surface area contributed by atoms with E-state index in [-0.39, 0.29) is 16.5 Å². The first-order valence-corrected chi connectivity index (χ1v) is 12.8. The van der Waals surface area contributed by atoms with Crippen molar-refractivity contribution in [1.29, 1.82) is 0 Å². The molecule has 5 rings (SSSR count). The van der Waals surface area contributed by atoms with E-state index in [1.54, 1.807) is 35.9 Å². The number of hydrogen-bond acceptors (Lipinski definition) is 8. The first-order valence-electron chi connectivity index (χ1n) is 11.0. The van der Waals surface area contributed by atoms with E-state index in [0.717, 1.165) is 0 Å². The summed E-state index contributed by atoms with van der Waals surface area (Å²) in [4.78, 5) is 20.3. The second kappa shape index (κ2) is 9.11. The molecule has 1 saturated heterocycles. The lowest BCUT2D eigenvalue weighted by Crippen LogP contribution is -2.49. The van der Waals surface area contributed by atoms with Gasteiger partial charge in [0, 0.05) is 43.8 Å². The first kappa shape index (κ1) is 23.5. The summed E-state index contributed by atoms with van der Waals surface area (Å²) in [7, 11) is -1.90. The lowest BCUT2D eigenvalue weighted by molar-refractivity contribution is 0.139. The van der Waals surface area contributed by atoms with Crippen molar-refractivity contribution in [3.05, 3.63) is 63.7 Å². The molecule has 4 aromatic rings. The van der Waals surface area contributed by atoms with Gasteiger partial charge in [-0.3, -0.25) is 14.3 Å². The Labute approximate surface area is 206 Å². The summed E-state index contributed by atoms with van der Waals surface area (Å²) >= 11 is 5.90. The number of piperazine rings is 1. The van der Waals surface area contributed by atoms with Gasteiger partial charge in [0.2, 0.25) is 10.0 Å². The number of nitrogens with one attached hydrogen (secondary N) is 1. The molecule has 1 fully saturated rings. The van der Waals surface area contributed by atoms with Crippen LogP contribution in [0.5, 0.6) is 0 Å². The standard InChI is InChI=1S/C22H23ClN8O3S/c1-14(30-9-11-31(12-10-30)35(33,34)17-6-4-16(23)5-7-17)21-24-19-8-3-15(20-25-27-28-26-20)13-18(19)22(32)29(21)2/h3-8,13-14H,9-12H2,1-2H3,(H,25,26,27,28). The van der Waals surface area contributed by atoms with Gasteiger partial charge in [0.25, 0.3) is 5.56 Å². The lowest BCUT2D eigenvalue weighted by Gasteiger charge is -2.37. The van der Waals surface area contributed by atoms with Crippen LogP contribution in [0.25, 0.3) is 22.3 Å². The normalized spacial score (nSPS) is 16.5. The van der Waals surface area contributed by atoms with E-state index in [1.165, 1.54) is 16.4 Å². The van der Waals surface area contributed by atoms with E-state index >= 15 is 0 Å². The Balaban J connectivity index is 1.36. The summed E-state index contributed by atoms with van der Waals surface area (Å²) in [6.45, 7) is 3.68. The van der Waals surface area contributed by atoms with Crippen molar-refractivity contribution in [2.24, 2.45) is 7.05 Å². The van der Waals surface area contributed by atoms with Crippen molar-refractivity contribution >= 4 is 32.5 Å². The maximum Gasteiger partial charge on any atom is 0.261 e. The van der Waals surface area contributed by atoms with Crippen LogP contribution in [-0.2, 0) is 17.1 Å².